The average molecular weight is 258 g/mol. The normalized spacial score (nSPS) is 30.6. The van der Waals surface area contributed by atoms with E-state index in [2.05, 4.69) is 10.3 Å². The maximum absolute atomic E-state index is 12.3. The summed E-state index contributed by atoms with van der Waals surface area (Å²) in [5, 5.41) is 3.60. The molecular weight excluding hydrogens is 236 g/mol. The van der Waals surface area contributed by atoms with Gasteiger partial charge in [0, 0.05) is 17.9 Å². The summed E-state index contributed by atoms with van der Waals surface area (Å²) in [4.78, 5) is 16.6. The van der Waals surface area contributed by atoms with Gasteiger partial charge in [0.05, 0.1) is 12.5 Å². The third-order valence-electron chi connectivity index (χ3n) is 4.62. The maximum atomic E-state index is 12.3. The first-order valence-corrected chi connectivity index (χ1v) is 7.51. The van der Waals surface area contributed by atoms with Crippen LogP contribution in [-0.2, 0) is 11.2 Å². The smallest absolute Gasteiger partial charge is 0.155 e. The van der Waals surface area contributed by atoms with Crippen molar-refractivity contribution in [2.45, 2.75) is 57.0 Å². The molecule has 2 aliphatic rings. The number of carbonyl (C=O) groups excluding carboxylic acids is 1. The SMILES string of the molecule is O=C(Cc1ccccn1)C1CCC2CCCCC2N1. The van der Waals surface area contributed by atoms with Gasteiger partial charge < -0.3 is 5.32 Å². The first-order chi connectivity index (χ1) is 9.33. The van der Waals surface area contributed by atoms with Crippen LogP contribution in [0.2, 0.25) is 0 Å². The monoisotopic (exact) mass is 258 g/mol. The molecule has 2 fully saturated rings. The minimum absolute atomic E-state index is 0.0568. The van der Waals surface area contributed by atoms with Crippen LogP contribution in [0.15, 0.2) is 24.4 Å². The summed E-state index contributed by atoms with van der Waals surface area (Å²) in [6.45, 7) is 0. The van der Waals surface area contributed by atoms with Gasteiger partial charge in [0.1, 0.15) is 0 Å². The fourth-order valence-electron chi connectivity index (χ4n) is 3.55. The van der Waals surface area contributed by atoms with Gasteiger partial charge in [0.25, 0.3) is 0 Å². The molecule has 3 heteroatoms. The molecule has 1 N–H and O–H groups in total. The lowest BCUT2D eigenvalue weighted by Crippen LogP contribution is -2.52. The van der Waals surface area contributed by atoms with Gasteiger partial charge in [-0.3, -0.25) is 9.78 Å². The molecule has 0 radical (unpaired) electrons. The zero-order chi connectivity index (χ0) is 13.1. The Morgan fingerprint density at radius 3 is 2.95 bits per heavy atom. The molecule has 0 bridgehead atoms. The van der Waals surface area contributed by atoms with Crippen molar-refractivity contribution in [2.24, 2.45) is 5.92 Å². The number of pyridine rings is 1. The van der Waals surface area contributed by atoms with Crippen molar-refractivity contribution in [2.75, 3.05) is 0 Å². The Bertz CT molecular complexity index is 432. The second-order valence-corrected chi connectivity index (χ2v) is 5.91. The number of ketones is 1. The van der Waals surface area contributed by atoms with E-state index < -0.39 is 0 Å². The van der Waals surface area contributed by atoms with E-state index in [9.17, 15) is 4.79 Å². The van der Waals surface area contributed by atoms with Crippen LogP contribution >= 0.6 is 0 Å². The van der Waals surface area contributed by atoms with Gasteiger partial charge >= 0.3 is 0 Å². The first kappa shape index (κ1) is 12.8. The summed E-state index contributed by atoms with van der Waals surface area (Å²) in [5.74, 6) is 1.12. The second kappa shape index (κ2) is 5.83. The summed E-state index contributed by atoms with van der Waals surface area (Å²) < 4.78 is 0. The van der Waals surface area contributed by atoms with E-state index in [4.69, 9.17) is 0 Å². The van der Waals surface area contributed by atoms with Crippen LogP contribution < -0.4 is 5.32 Å². The summed E-state index contributed by atoms with van der Waals surface area (Å²) in [6, 6.07) is 6.41. The van der Waals surface area contributed by atoms with Crippen molar-refractivity contribution < 1.29 is 4.79 Å². The minimum atomic E-state index is 0.0568. The molecule has 0 amide bonds. The van der Waals surface area contributed by atoms with Crippen LogP contribution in [0.1, 0.15) is 44.2 Å². The van der Waals surface area contributed by atoms with E-state index in [-0.39, 0.29) is 6.04 Å². The minimum Gasteiger partial charge on any atom is -0.304 e. The molecule has 0 aromatic carbocycles. The highest BCUT2D eigenvalue weighted by Gasteiger charge is 2.34. The summed E-state index contributed by atoms with van der Waals surface area (Å²) in [5.41, 5.74) is 0.889. The molecule has 3 unspecified atom stereocenters. The topological polar surface area (TPSA) is 42.0 Å². The van der Waals surface area contributed by atoms with Crippen molar-refractivity contribution in [3.05, 3.63) is 30.1 Å². The van der Waals surface area contributed by atoms with E-state index in [1.807, 2.05) is 18.2 Å². The van der Waals surface area contributed by atoms with E-state index >= 15 is 0 Å². The Morgan fingerprint density at radius 1 is 1.21 bits per heavy atom. The average Bonchev–Trinajstić information content (AvgIpc) is 2.48. The third kappa shape index (κ3) is 3.03. The number of nitrogens with zero attached hydrogens (tertiary/aromatic N) is 1. The molecule has 1 aliphatic carbocycles. The molecule has 1 aromatic heterocycles. The maximum Gasteiger partial charge on any atom is 0.155 e. The summed E-state index contributed by atoms with van der Waals surface area (Å²) in [7, 11) is 0. The lowest BCUT2D eigenvalue weighted by atomic mass is 9.77. The van der Waals surface area contributed by atoms with Gasteiger partial charge in [-0.05, 0) is 43.7 Å². The number of rotatable bonds is 3. The van der Waals surface area contributed by atoms with E-state index in [1.54, 1.807) is 6.20 Å². The first-order valence-electron chi connectivity index (χ1n) is 7.51. The molecule has 3 atom stereocenters. The lowest BCUT2D eigenvalue weighted by molar-refractivity contribution is -0.121. The second-order valence-electron chi connectivity index (χ2n) is 5.91. The molecular formula is C16H22N2O. The van der Waals surface area contributed by atoms with Crippen LogP contribution in [0, 0.1) is 5.92 Å². The number of nitrogens with one attached hydrogen (secondary N) is 1. The van der Waals surface area contributed by atoms with Crippen molar-refractivity contribution in [3.63, 3.8) is 0 Å². The lowest BCUT2D eigenvalue weighted by Gasteiger charge is -2.40. The molecule has 0 spiro atoms. The zero-order valence-corrected chi connectivity index (χ0v) is 11.3. The Hall–Kier alpha value is -1.22. The van der Waals surface area contributed by atoms with Crippen molar-refractivity contribution in [3.8, 4) is 0 Å². The predicted octanol–water partition coefficient (Wildman–Crippen LogP) is 2.50. The summed E-state index contributed by atoms with van der Waals surface area (Å²) in [6.07, 6.45) is 9.73. The number of carbonyl (C=O) groups is 1. The number of piperidine rings is 1. The Morgan fingerprint density at radius 2 is 2.11 bits per heavy atom. The molecule has 1 saturated carbocycles. The quantitative estimate of drug-likeness (QED) is 0.905. The Labute approximate surface area is 114 Å². The van der Waals surface area contributed by atoms with Gasteiger partial charge in [0.15, 0.2) is 5.78 Å². The molecule has 1 aromatic rings. The molecule has 3 rings (SSSR count). The van der Waals surface area contributed by atoms with Gasteiger partial charge in [-0.2, -0.15) is 0 Å². The molecule has 2 heterocycles. The van der Waals surface area contributed by atoms with Crippen LogP contribution in [-0.4, -0.2) is 22.9 Å². The number of Topliss-reactive ketones (excluding diaryl/α,β-unsaturated/α-hetero) is 1. The van der Waals surface area contributed by atoms with Gasteiger partial charge in [-0.25, -0.2) is 0 Å². The number of aromatic nitrogens is 1. The van der Waals surface area contributed by atoms with Crippen molar-refractivity contribution >= 4 is 5.78 Å². The van der Waals surface area contributed by atoms with Crippen LogP contribution in [0.3, 0.4) is 0 Å². The Balaban J connectivity index is 1.59. The van der Waals surface area contributed by atoms with E-state index in [0.29, 0.717) is 18.2 Å². The largest absolute Gasteiger partial charge is 0.304 e. The molecule has 102 valence electrons. The highest BCUT2D eigenvalue weighted by atomic mass is 16.1. The molecule has 1 saturated heterocycles. The third-order valence-corrected chi connectivity index (χ3v) is 4.62. The Kier molecular flexibility index (Phi) is 3.92. The fourth-order valence-corrected chi connectivity index (χ4v) is 3.55. The van der Waals surface area contributed by atoms with Crippen molar-refractivity contribution in [1.29, 1.82) is 0 Å². The van der Waals surface area contributed by atoms with Gasteiger partial charge in [-0.15, -0.1) is 0 Å². The summed E-state index contributed by atoms with van der Waals surface area (Å²) >= 11 is 0. The number of fused-ring (bicyclic) bond motifs is 1. The highest BCUT2D eigenvalue weighted by molar-refractivity contribution is 5.85. The molecule has 1 aliphatic heterocycles. The fraction of sp³-hybridized carbons (Fsp3) is 0.625. The number of hydrogen-bond donors (Lipinski definition) is 1. The van der Waals surface area contributed by atoms with Crippen molar-refractivity contribution in [1.82, 2.24) is 10.3 Å². The highest BCUT2D eigenvalue weighted by Crippen LogP contribution is 2.32. The van der Waals surface area contributed by atoms with E-state index in [0.717, 1.165) is 18.0 Å². The van der Waals surface area contributed by atoms with Crippen LogP contribution in [0.5, 0.6) is 0 Å². The van der Waals surface area contributed by atoms with Gasteiger partial charge in [0.2, 0.25) is 0 Å². The molecule has 19 heavy (non-hydrogen) atoms. The number of hydrogen-bond acceptors (Lipinski definition) is 3. The molecule has 3 nitrogen and oxygen atoms in total. The standard InChI is InChI=1S/C16H22N2O/c19-16(11-13-6-3-4-10-17-13)15-9-8-12-5-1-2-7-14(12)18-15/h3-4,6,10,12,14-15,18H,1-2,5,7-9,11H2. The zero-order valence-electron chi connectivity index (χ0n) is 11.3. The van der Waals surface area contributed by atoms with Gasteiger partial charge in [-0.1, -0.05) is 18.9 Å². The predicted molar refractivity (Wildman–Crippen MR) is 74.9 cm³/mol. The van der Waals surface area contributed by atoms with Crippen LogP contribution in [0.25, 0.3) is 0 Å². The van der Waals surface area contributed by atoms with E-state index in [1.165, 1.54) is 32.1 Å². The van der Waals surface area contributed by atoms with Crippen LogP contribution in [0.4, 0.5) is 0 Å².